The van der Waals surface area contributed by atoms with Crippen molar-refractivity contribution in [2.24, 2.45) is 0 Å². The molecule has 5 nitrogen and oxygen atoms in total. The van der Waals surface area contributed by atoms with Gasteiger partial charge in [0.25, 0.3) is 0 Å². The average molecular weight is 338 g/mol. The molecule has 25 heavy (non-hydrogen) atoms. The van der Waals surface area contributed by atoms with Gasteiger partial charge in [-0.1, -0.05) is 18.2 Å². The van der Waals surface area contributed by atoms with E-state index < -0.39 is 0 Å². The van der Waals surface area contributed by atoms with Crippen molar-refractivity contribution in [1.82, 2.24) is 5.32 Å². The van der Waals surface area contributed by atoms with E-state index in [1.807, 2.05) is 24.3 Å². The number of ether oxygens (including phenoxy) is 2. The Morgan fingerprint density at radius 2 is 2.12 bits per heavy atom. The number of benzene rings is 2. The van der Waals surface area contributed by atoms with Gasteiger partial charge in [-0.2, -0.15) is 0 Å². The molecule has 4 rings (SSSR count). The second-order valence-corrected chi connectivity index (χ2v) is 6.55. The van der Waals surface area contributed by atoms with Gasteiger partial charge in [0.2, 0.25) is 5.91 Å². The Bertz CT molecular complexity index is 790. The molecule has 2 aromatic rings. The van der Waals surface area contributed by atoms with Gasteiger partial charge in [0.05, 0.1) is 18.8 Å². The van der Waals surface area contributed by atoms with Crippen molar-refractivity contribution >= 4 is 11.6 Å². The minimum absolute atomic E-state index is 0.0148. The second kappa shape index (κ2) is 6.86. The molecule has 2 N–H and O–H groups in total. The van der Waals surface area contributed by atoms with Crippen LogP contribution in [0.1, 0.15) is 12.0 Å². The summed E-state index contributed by atoms with van der Waals surface area (Å²) in [6.07, 6.45) is 1.76. The molecule has 2 atom stereocenters. The Morgan fingerprint density at radius 1 is 1.24 bits per heavy atom. The van der Waals surface area contributed by atoms with Gasteiger partial charge in [-0.25, -0.2) is 0 Å². The van der Waals surface area contributed by atoms with Gasteiger partial charge in [-0.3, -0.25) is 4.79 Å². The smallest absolute Gasteiger partial charge is 0.241 e. The number of nitrogens with one attached hydrogen (secondary N) is 2. The topological polar surface area (TPSA) is 59.6 Å². The summed E-state index contributed by atoms with van der Waals surface area (Å²) in [5.41, 5.74) is 4.27. The Balaban J connectivity index is 1.49. The number of hydrogen-bond acceptors (Lipinski definition) is 4. The van der Waals surface area contributed by atoms with E-state index in [2.05, 4.69) is 28.8 Å². The highest BCUT2D eigenvalue weighted by Gasteiger charge is 2.29. The number of carbonyl (C=O) groups excluding carboxylic acids is 1. The van der Waals surface area contributed by atoms with Gasteiger partial charge >= 0.3 is 0 Å². The Morgan fingerprint density at radius 3 is 2.96 bits per heavy atom. The van der Waals surface area contributed by atoms with Crippen LogP contribution in [0.2, 0.25) is 0 Å². The molecule has 1 saturated heterocycles. The lowest BCUT2D eigenvalue weighted by molar-refractivity contribution is -0.118. The Kier molecular flexibility index (Phi) is 4.42. The number of methoxy groups -OCH3 is 1. The maximum atomic E-state index is 12.4. The molecule has 130 valence electrons. The lowest BCUT2D eigenvalue weighted by Gasteiger charge is -2.12. The van der Waals surface area contributed by atoms with Crippen molar-refractivity contribution < 1.29 is 14.3 Å². The Hall–Kier alpha value is -2.37. The predicted molar refractivity (Wildman–Crippen MR) is 96.9 cm³/mol. The van der Waals surface area contributed by atoms with Crippen molar-refractivity contribution in [2.75, 3.05) is 25.6 Å². The molecular weight excluding hydrogens is 316 g/mol. The molecule has 2 heterocycles. The summed E-state index contributed by atoms with van der Waals surface area (Å²) in [5.74, 6) is 0.965. The fourth-order valence-corrected chi connectivity index (χ4v) is 3.45. The van der Waals surface area contributed by atoms with E-state index in [1.54, 1.807) is 7.11 Å². The number of fused-ring (bicyclic) bond motifs is 1. The van der Waals surface area contributed by atoms with Gasteiger partial charge in [0, 0.05) is 25.8 Å². The minimum atomic E-state index is -0.203. The highest BCUT2D eigenvalue weighted by molar-refractivity contribution is 5.95. The molecule has 0 aliphatic carbocycles. The van der Waals surface area contributed by atoms with Crippen molar-refractivity contribution in [3.63, 3.8) is 0 Å². The van der Waals surface area contributed by atoms with E-state index >= 15 is 0 Å². The number of carbonyl (C=O) groups is 1. The molecule has 1 fully saturated rings. The van der Waals surface area contributed by atoms with E-state index in [4.69, 9.17) is 9.47 Å². The monoisotopic (exact) mass is 338 g/mol. The lowest BCUT2D eigenvalue weighted by atomic mass is 10.0. The van der Waals surface area contributed by atoms with Crippen LogP contribution in [0.4, 0.5) is 5.69 Å². The summed E-state index contributed by atoms with van der Waals surface area (Å²) in [4.78, 5) is 12.4. The standard InChI is InChI=1S/C20H22N2O3/c1-24-17-11-18(21-12-17)20(23)22-16-4-2-3-13(10-16)14-5-6-19-15(9-14)7-8-25-19/h2-6,9-10,17-18,21H,7-8,11-12H2,1H3,(H,22,23)/t17-,18-/m1/s1. The van der Waals surface area contributed by atoms with Crippen LogP contribution in [0.3, 0.4) is 0 Å². The molecular formula is C20H22N2O3. The molecule has 2 aliphatic heterocycles. The fourth-order valence-electron chi connectivity index (χ4n) is 3.45. The van der Waals surface area contributed by atoms with Crippen LogP contribution < -0.4 is 15.4 Å². The Labute approximate surface area is 147 Å². The third-order valence-corrected chi connectivity index (χ3v) is 4.89. The van der Waals surface area contributed by atoms with Crippen molar-refractivity contribution in [1.29, 1.82) is 0 Å². The first kappa shape index (κ1) is 16.1. The van der Waals surface area contributed by atoms with Crippen molar-refractivity contribution in [2.45, 2.75) is 25.0 Å². The third-order valence-electron chi connectivity index (χ3n) is 4.89. The van der Waals surface area contributed by atoms with Gasteiger partial charge in [0.15, 0.2) is 0 Å². The molecule has 2 aliphatic rings. The first-order valence-electron chi connectivity index (χ1n) is 8.66. The van der Waals surface area contributed by atoms with Crippen LogP contribution in [-0.4, -0.2) is 38.3 Å². The summed E-state index contributed by atoms with van der Waals surface area (Å²) in [7, 11) is 1.68. The highest BCUT2D eigenvalue weighted by Crippen LogP contribution is 2.31. The van der Waals surface area contributed by atoms with E-state index in [-0.39, 0.29) is 18.1 Å². The summed E-state index contributed by atoms with van der Waals surface area (Å²) in [6, 6.07) is 14.0. The molecule has 5 heteroatoms. The van der Waals surface area contributed by atoms with Crippen LogP contribution >= 0.6 is 0 Å². The second-order valence-electron chi connectivity index (χ2n) is 6.55. The lowest BCUT2D eigenvalue weighted by Crippen LogP contribution is -2.35. The van der Waals surface area contributed by atoms with Crippen LogP contribution in [0.5, 0.6) is 5.75 Å². The molecule has 0 unspecified atom stereocenters. The first-order valence-corrected chi connectivity index (χ1v) is 8.66. The van der Waals surface area contributed by atoms with Gasteiger partial charge in [-0.05, 0) is 47.4 Å². The van der Waals surface area contributed by atoms with Gasteiger partial charge in [0.1, 0.15) is 5.75 Å². The van der Waals surface area contributed by atoms with Gasteiger partial charge < -0.3 is 20.1 Å². The van der Waals surface area contributed by atoms with Crippen LogP contribution in [0.25, 0.3) is 11.1 Å². The number of anilines is 1. The highest BCUT2D eigenvalue weighted by atomic mass is 16.5. The van der Waals surface area contributed by atoms with E-state index in [0.717, 1.165) is 35.6 Å². The fraction of sp³-hybridized carbons (Fsp3) is 0.350. The maximum absolute atomic E-state index is 12.4. The predicted octanol–water partition coefficient (Wildman–Crippen LogP) is 2.60. The zero-order chi connectivity index (χ0) is 17.2. The average Bonchev–Trinajstić information content (AvgIpc) is 3.30. The normalized spacial score (nSPS) is 21.6. The molecule has 2 aromatic carbocycles. The zero-order valence-electron chi connectivity index (χ0n) is 14.2. The number of rotatable bonds is 4. The molecule has 0 radical (unpaired) electrons. The summed E-state index contributed by atoms with van der Waals surface area (Å²) < 4.78 is 10.9. The zero-order valence-corrected chi connectivity index (χ0v) is 14.2. The van der Waals surface area contributed by atoms with Crippen LogP contribution in [0.15, 0.2) is 42.5 Å². The van der Waals surface area contributed by atoms with Crippen LogP contribution in [0, 0.1) is 0 Å². The molecule has 0 spiro atoms. The first-order chi connectivity index (χ1) is 12.2. The van der Waals surface area contributed by atoms with E-state index in [9.17, 15) is 4.79 Å². The summed E-state index contributed by atoms with van der Waals surface area (Å²) in [5, 5.41) is 6.21. The maximum Gasteiger partial charge on any atom is 0.241 e. The molecule has 0 aromatic heterocycles. The summed E-state index contributed by atoms with van der Waals surface area (Å²) in [6.45, 7) is 1.47. The van der Waals surface area contributed by atoms with E-state index in [1.165, 1.54) is 5.56 Å². The SMILES string of the molecule is CO[C@H]1CN[C@@H](C(=O)Nc2cccc(-c3ccc4c(c3)CCO4)c2)C1. The molecule has 0 bridgehead atoms. The van der Waals surface area contributed by atoms with Crippen molar-refractivity contribution in [3.05, 3.63) is 48.0 Å². The third kappa shape index (κ3) is 3.38. The van der Waals surface area contributed by atoms with Crippen LogP contribution in [-0.2, 0) is 16.0 Å². The largest absolute Gasteiger partial charge is 0.493 e. The van der Waals surface area contributed by atoms with E-state index in [0.29, 0.717) is 13.0 Å². The van der Waals surface area contributed by atoms with Crippen molar-refractivity contribution in [3.8, 4) is 16.9 Å². The van der Waals surface area contributed by atoms with Gasteiger partial charge in [-0.15, -0.1) is 0 Å². The summed E-state index contributed by atoms with van der Waals surface area (Å²) >= 11 is 0. The molecule has 1 amide bonds. The quantitative estimate of drug-likeness (QED) is 0.900. The molecule has 0 saturated carbocycles. The number of hydrogen-bond donors (Lipinski definition) is 2. The minimum Gasteiger partial charge on any atom is -0.493 e. The number of amides is 1.